The highest BCUT2D eigenvalue weighted by atomic mass is 79.9. The average molecular weight is 328 g/mol. The third-order valence-corrected chi connectivity index (χ3v) is 3.12. The predicted octanol–water partition coefficient (Wildman–Crippen LogP) is 1.58. The molecule has 19 heavy (non-hydrogen) atoms. The second kappa shape index (κ2) is 5.72. The number of halogens is 1. The van der Waals surface area contributed by atoms with E-state index in [0.29, 0.717) is 14.9 Å². The number of ether oxygens (including phenoxy) is 1. The molecule has 1 heterocycles. The first kappa shape index (κ1) is 13.4. The van der Waals surface area contributed by atoms with Gasteiger partial charge in [0.25, 0.3) is 5.91 Å². The quantitative estimate of drug-likeness (QED) is 0.450. The fourth-order valence-electron chi connectivity index (χ4n) is 1.50. The Balaban J connectivity index is 2.21. The van der Waals surface area contributed by atoms with Crippen molar-refractivity contribution in [3.8, 4) is 5.88 Å². The smallest absolute Gasteiger partial charge is 0.275 e. The summed E-state index contributed by atoms with van der Waals surface area (Å²) in [6, 6.07) is 6.44. The van der Waals surface area contributed by atoms with Gasteiger partial charge in [0.15, 0.2) is 0 Å². The van der Waals surface area contributed by atoms with E-state index in [1.807, 2.05) is 0 Å². The van der Waals surface area contributed by atoms with Crippen LogP contribution in [-0.4, -0.2) is 26.3 Å². The van der Waals surface area contributed by atoms with Crippen molar-refractivity contribution in [3.05, 3.63) is 46.1 Å². The number of amides is 1. The first-order valence-electron chi connectivity index (χ1n) is 5.21. The molecule has 3 N–H and O–H groups in total. The van der Waals surface area contributed by atoms with Crippen LogP contribution in [-0.2, 0) is 6.61 Å². The molecule has 0 aliphatic rings. The van der Waals surface area contributed by atoms with Gasteiger partial charge in [0, 0.05) is 21.7 Å². The summed E-state index contributed by atoms with van der Waals surface area (Å²) in [6.45, 7) is 0.0567. The Bertz CT molecular complexity index is 599. The van der Waals surface area contributed by atoms with Crippen molar-refractivity contribution in [1.29, 1.82) is 0 Å². The first-order valence-corrected chi connectivity index (χ1v) is 6.00. The molecule has 0 aliphatic heterocycles. The molecule has 0 radical (unpaired) electrons. The van der Waals surface area contributed by atoms with Crippen molar-refractivity contribution >= 4 is 21.8 Å². The van der Waals surface area contributed by atoms with Crippen LogP contribution >= 0.6 is 15.9 Å². The van der Waals surface area contributed by atoms with Gasteiger partial charge in [0.05, 0.1) is 6.20 Å². The Hall–Kier alpha value is -2.06. The number of hydrogen-bond acceptors (Lipinski definition) is 5. The molecule has 2 aromatic rings. The van der Waals surface area contributed by atoms with Crippen LogP contribution in [0.4, 0.5) is 0 Å². The van der Waals surface area contributed by atoms with Gasteiger partial charge in [-0.25, -0.2) is 5.48 Å². The predicted molar refractivity (Wildman–Crippen MR) is 67.1 cm³/mol. The molecule has 0 atom stereocenters. The van der Waals surface area contributed by atoms with Crippen LogP contribution in [0.5, 0.6) is 5.88 Å². The number of hydrogen-bond donors (Lipinski definition) is 3. The number of benzene rings is 1. The lowest BCUT2D eigenvalue weighted by atomic mass is 10.1. The van der Waals surface area contributed by atoms with Crippen molar-refractivity contribution in [2.75, 3.05) is 0 Å². The Kier molecular flexibility index (Phi) is 4.03. The summed E-state index contributed by atoms with van der Waals surface area (Å²) in [4.78, 5) is 12.1. The molecule has 0 spiro atoms. The summed E-state index contributed by atoms with van der Waals surface area (Å²) in [7, 11) is 0. The van der Waals surface area contributed by atoms with Crippen LogP contribution in [0.2, 0.25) is 0 Å². The number of nitrogens with zero attached hydrogens (tertiary/aromatic N) is 2. The second-order valence-corrected chi connectivity index (χ2v) is 4.42. The zero-order chi connectivity index (χ0) is 13.8. The lowest BCUT2D eigenvalue weighted by Crippen LogP contribution is -2.21. The first-order chi connectivity index (χ1) is 9.11. The summed E-state index contributed by atoms with van der Waals surface area (Å²) < 4.78 is 6.01. The molecule has 0 aliphatic carbocycles. The summed E-state index contributed by atoms with van der Waals surface area (Å²) >= 11 is 3.31. The number of carbonyl (C=O) groups excluding carboxylic acids is 1. The van der Waals surface area contributed by atoms with E-state index < -0.39 is 5.91 Å². The fourth-order valence-corrected chi connectivity index (χ4v) is 1.98. The third kappa shape index (κ3) is 3.04. The third-order valence-electron chi connectivity index (χ3n) is 2.38. The molecule has 8 heteroatoms. The van der Waals surface area contributed by atoms with E-state index in [0.717, 1.165) is 0 Å². The topological polar surface area (TPSA) is 96.6 Å². The molecule has 0 fully saturated rings. The lowest BCUT2D eigenvalue weighted by Gasteiger charge is -2.10. The highest BCUT2D eigenvalue weighted by Crippen LogP contribution is 2.22. The van der Waals surface area contributed by atoms with Gasteiger partial charge in [-0.3, -0.25) is 10.0 Å². The van der Waals surface area contributed by atoms with Crippen molar-refractivity contribution in [3.63, 3.8) is 0 Å². The summed E-state index contributed by atoms with van der Waals surface area (Å²) in [5.74, 6) is -0.416. The zero-order valence-electron chi connectivity index (χ0n) is 9.58. The highest BCUT2D eigenvalue weighted by molar-refractivity contribution is 9.10. The minimum atomic E-state index is -0.632. The Morgan fingerprint density at radius 1 is 1.47 bits per heavy atom. The maximum atomic E-state index is 11.5. The number of nitrogens with one attached hydrogen (secondary N) is 1. The Morgan fingerprint density at radius 3 is 2.89 bits per heavy atom. The van der Waals surface area contributed by atoms with Crippen LogP contribution in [0, 0.1) is 0 Å². The van der Waals surface area contributed by atoms with Gasteiger partial charge in [-0.1, -0.05) is 27.1 Å². The van der Waals surface area contributed by atoms with E-state index in [-0.39, 0.29) is 18.1 Å². The molecule has 0 saturated heterocycles. The fraction of sp³-hybridized carbons (Fsp3) is 0.0909. The molecule has 7 nitrogen and oxygen atoms in total. The molecule has 0 saturated carbocycles. The van der Waals surface area contributed by atoms with Crippen LogP contribution in [0.15, 0.2) is 34.9 Å². The van der Waals surface area contributed by atoms with Gasteiger partial charge in [0.2, 0.25) is 5.88 Å². The zero-order valence-corrected chi connectivity index (χ0v) is 11.2. The SMILES string of the molecule is O=C(NO)c1cccc(Br)c1COc1ccn(O)n1. The van der Waals surface area contributed by atoms with Gasteiger partial charge in [-0.05, 0) is 12.1 Å². The molecule has 1 amide bonds. The lowest BCUT2D eigenvalue weighted by molar-refractivity contribution is 0.0703. The summed E-state index contributed by atoms with van der Waals surface area (Å²) in [6.07, 6.45) is 1.32. The second-order valence-electron chi connectivity index (χ2n) is 3.57. The molecular weight excluding hydrogens is 318 g/mol. The summed E-state index contributed by atoms with van der Waals surface area (Å²) in [5.41, 5.74) is 2.41. The number of hydroxylamine groups is 1. The van der Waals surface area contributed by atoms with Gasteiger partial charge in [-0.15, -0.1) is 4.85 Å². The summed E-state index contributed by atoms with van der Waals surface area (Å²) in [5, 5.41) is 21.3. The van der Waals surface area contributed by atoms with Crippen molar-refractivity contribution in [2.24, 2.45) is 0 Å². The minimum Gasteiger partial charge on any atom is -0.472 e. The van der Waals surface area contributed by atoms with E-state index in [1.54, 1.807) is 23.7 Å². The van der Waals surface area contributed by atoms with Crippen molar-refractivity contribution in [1.82, 2.24) is 15.4 Å². The van der Waals surface area contributed by atoms with E-state index in [9.17, 15) is 4.79 Å². The highest BCUT2D eigenvalue weighted by Gasteiger charge is 2.14. The largest absolute Gasteiger partial charge is 0.472 e. The number of carbonyl (C=O) groups is 1. The molecule has 1 aromatic carbocycles. The average Bonchev–Trinajstić information content (AvgIpc) is 2.82. The minimum absolute atomic E-state index is 0.0567. The van der Waals surface area contributed by atoms with E-state index in [1.165, 1.54) is 12.3 Å². The normalized spacial score (nSPS) is 10.2. The van der Waals surface area contributed by atoms with Crippen LogP contribution in [0.3, 0.4) is 0 Å². The monoisotopic (exact) mass is 327 g/mol. The maximum absolute atomic E-state index is 11.5. The maximum Gasteiger partial charge on any atom is 0.275 e. The van der Waals surface area contributed by atoms with Gasteiger partial charge in [-0.2, -0.15) is 0 Å². The van der Waals surface area contributed by atoms with Gasteiger partial charge in [0.1, 0.15) is 6.61 Å². The number of rotatable bonds is 4. The van der Waals surface area contributed by atoms with E-state index in [2.05, 4.69) is 21.0 Å². The molecule has 100 valence electrons. The Morgan fingerprint density at radius 2 is 2.26 bits per heavy atom. The molecule has 1 aromatic heterocycles. The molecular formula is C11H10BrN3O4. The van der Waals surface area contributed by atoms with E-state index in [4.69, 9.17) is 15.2 Å². The molecule has 0 bridgehead atoms. The molecule has 0 unspecified atom stereocenters. The van der Waals surface area contributed by atoms with Gasteiger partial charge < -0.3 is 9.94 Å². The standard InChI is InChI=1S/C11H10BrN3O4/c12-9-3-1-2-7(11(16)14-17)8(9)6-19-10-4-5-15(18)13-10/h1-5,17-18H,6H2,(H,14,16). The Labute approximate surface area is 116 Å². The van der Waals surface area contributed by atoms with Crippen molar-refractivity contribution < 1.29 is 19.9 Å². The molecule has 2 rings (SSSR count). The number of aromatic nitrogens is 2. The van der Waals surface area contributed by atoms with Crippen LogP contribution < -0.4 is 10.2 Å². The van der Waals surface area contributed by atoms with Crippen LogP contribution in [0.1, 0.15) is 15.9 Å². The van der Waals surface area contributed by atoms with Crippen molar-refractivity contribution in [2.45, 2.75) is 6.61 Å². The van der Waals surface area contributed by atoms with E-state index >= 15 is 0 Å². The van der Waals surface area contributed by atoms with Crippen LogP contribution in [0.25, 0.3) is 0 Å². The van der Waals surface area contributed by atoms with Gasteiger partial charge >= 0.3 is 0 Å².